The maximum Gasteiger partial charge on any atom is 0.262 e. The van der Waals surface area contributed by atoms with Crippen molar-refractivity contribution >= 4 is 47.0 Å². The zero-order chi connectivity index (χ0) is 37.8. The highest BCUT2D eigenvalue weighted by molar-refractivity contribution is 6.31. The maximum absolute atomic E-state index is 13.5. The van der Waals surface area contributed by atoms with Crippen LogP contribution in [0.1, 0.15) is 97.4 Å². The molecule has 1 N–H and O–H groups in total. The van der Waals surface area contributed by atoms with Gasteiger partial charge >= 0.3 is 0 Å². The molecule has 3 aromatic rings. The van der Waals surface area contributed by atoms with Crippen LogP contribution in [0.25, 0.3) is 0 Å². The number of benzene rings is 3. The summed E-state index contributed by atoms with van der Waals surface area (Å²) in [6.45, 7) is 1.85. The van der Waals surface area contributed by atoms with E-state index in [-0.39, 0.29) is 60.4 Å². The number of hydrogen-bond donors (Lipinski definition) is 1. The monoisotopic (exact) mass is 748 g/mol. The second-order valence-corrected chi connectivity index (χ2v) is 15.1. The lowest BCUT2D eigenvalue weighted by atomic mass is 9.92. The van der Waals surface area contributed by atoms with E-state index in [1.807, 2.05) is 23.1 Å². The van der Waals surface area contributed by atoms with Gasteiger partial charge in [0.25, 0.3) is 23.6 Å². The number of amides is 6. The standard InChI is InChI=1S/C40H37ClN6O7/c1-44-35(48)11-10-34(40(44)53)47-38(51)31-13-26-17-45(18-27(26)14-32(31)39(47)52)21-36(49)46-19-24-3-2-22(12-25(24)20-46)37(50)43-28-5-8-29(9-6-28)54-30-7-4-23(16-42)33(41)15-30/h2-4,7,12-15,28-29,34H,5-6,8-11,17-21H2,1H3,(H,43,50)/t28-,29-,34?. The lowest BCUT2D eigenvalue weighted by molar-refractivity contribution is -0.149. The molecule has 4 aliphatic heterocycles. The van der Waals surface area contributed by atoms with E-state index in [4.69, 9.17) is 21.6 Å². The molecule has 5 aliphatic rings. The van der Waals surface area contributed by atoms with Crippen LogP contribution in [0.3, 0.4) is 0 Å². The second kappa shape index (κ2) is 14.0. The first-order chi connectivity index (χ1) is 26.0. The molecule has 1 aliphatic carbocycles. The van der Waals surface area contributed by atoms with Gasteiger partial charge in [0.2, 0.25) is 11.8 Å². The Morgan fingerprint density at radius 3 is 2.19 bits per heavy atom. The van der Waals surface area contributed by atoms with Crippen molar-refractivity contribution in [1.82, 2.24) is 24.9 Å². The molecule has 8 rings (SSSR count). The molecule has 1 atom stereocenters. The molecule has 0 aromatic heterocycles. The summed E-state index contributed by atoms with van der Waals surface area (Å²) < 4.78 is 6.08. The van der Waals surface area contributed by atoms with Gasteiger partial charge in [0, 0.05) is 57.3 Å². The van der Waals surface area contributed by atoms with Crippen LogP contribution in [0.15, 0.2) is 48.5 Å². The molecule has 14 heteroatoms. The molecule has 1 saturated carbocycles. The Morgan fingerprint density at radius 2 is 1.52 bits per heavy atom. The molecule has 0 spiro atoms. The fourth-order valence-electron chi connectivity index (χ4n) is 8.21. The summed E-state index contributed by atoms with van der Waals surface area (Å²) in [6.07, 6.45) is 3.26. The minimum absolute atomic E-state index is 0.00262. The van der Waals surface area contributed by atoms with Crippen LogP contribution >= 0.6 is 11.6 Å². The third kappa shape index (κ3) is 6.50. The number of likely N-dealkylation sites (N-methyl/N-ethyl adjacent to an activating group) is 1. The van der Waals surface area contributed by atoms with Crippen molar-refractivity contribution in [2.45, 2.75) is 82.9 Å². The number of nitrogens with zero attached hydrogens (tertiary/aromatic N) is 5. The predicted octanol–water partition coefficient (Wildman–Crippen LogP) is 3.93. The fraction of sp³-hybridized carbons (Fsp3) is 0.375. The van der Waals surface area contributed by atoms with Crippen LogP contribution in [-0.4, -0.2) is 86.8 Å². The number of nitrogens with one attached hydrogen (secondary N) is 1. The van der Waals surface area contributed by atoms with Crippen LogP contribution in [-0.2, 0) is 40.6 Å². The Kier molecular flexibility index (Phi) is 9.19. The third-order valence-corrected chi connectivity index (χ3v) is 11.5. The smallest absolute Gasteiger partial charge is 0.262 e. The van der Waals surface area contributed by atoms with Crippen molar-refractivity contribution in [1.29, 1.82) is 5.26 Å². The van der Waals surface area contributed by atoms with Gasteiger partial charge in [0.1, 0.15) is 17.9 Å². The number of nitriles is 1. The summed E-state index contributed by atoms with van der Waals surface area (Å²) in [6, 6.07) is 15.1. The van der Waals surface area contributed by atoms with E-state index < -0.39 is 23.8 Å². The molecule has 54 heavy (non-hydrogen) atoms. The highest BCUT2D eigenvalue weighted by Gasteiger charge is 2.47. The summed E-state index contributed by atoms with van der Waals surface area (Å²) in [5, 5.41) is 12.6. The van der Waals surface area contributed by atoms with Crippen molar-refractivity contribution in [2.24, 2.45) is 0 Å². The molecular formula is C40H37ClN6O7. The SMILES string of the molecule is CN1C(=O)CCC(N2C(=O)c3cc4c(cc3C2=O)CN(CC(=O)N2Cc3ccc(C(=O)N[C@H]5CC[C@H](Oc6ccc(C#N)c(Cl)c6)CC5)cc3C2)C4)C1=O. The lowest BCUT2D eigenvalue weighted by Crippen LogP contribution is -2.54. The number of ether oxygens (including phenoxy) is 1. The minimum Gasteiger partial charge on any atom is -0.490 e. The van der Waals surface area contributed by atoms with Gasteiger partial charge in [0.05, 0.1) is 34.4 Å². The van der Waals surface area contributed by atoms with Gasteiger partial charge in [-0.3, -0.25) is 43.5 Å². The van der Waals surface area contributed by atoms with Crippen LogP contribution < -0.4 is 10.1 Å². The van der Waals surface area contributed by atoms with Crippen molar-refractivity contribution in [3.63, 3.8) is 0 Å². The number of carbonyl (C=O) groups excluding carboxylic acids is 6. The number of fused-ring (bicyclic) bond motifs is 3. The van der Waals surface area contributed by atoms with E-state index in [1.54, 1.807) is 41.3 Å². The number of halogens is 1. The van der Waals surface area contributed by atoms with E-state index in [0.717, 1.165) is 57.7 Å². The van der Waals surface area contributed by atoms with Gasteiger partial charge in [-0.05, 0) is 90.8 Å². The summed E-state index contributed by atoms with van der Waals surface area (Å²) in [5.41, 5.74) is 5.06. The molecule has 6 amide bonds. The van der Waals surface area contributed by atoms with Gasteiger partial charge in [-0.1, -0.05) is 17.7 Å². The quantitative estimate of drug-likeness (QED) is 0.353. The number of likely N-dealkylation sites (tertiary alicyclic amines) is 1. The van der Waals surface area contributed by atoms with Gasteiger partial charge in [-0.15, -0.1) is 0 Å². The zero-order valence-corrected chi connectivity index (χ0v) is 30.4. The first kappa shape index (κ1) is 35.4. The molecule has 1 saturated heterocycles. The van der Waals surface area contributed by atoms with Gasteiger partial charge in [0.15, 0.2) is 0 Å². The largest absolute Gasteiger partial charge is 0.490 e. The number of hydrogen-bond acceptors (Lipinski definition) is 9. The van der Waals surface area contributed by atoms with E-state index in [1.165, 1.54) is 7.05 Å². The van der Waals surface area contributed by atoms with Crippen LogP contribution in [0.5, 0.6) is 5.75 Å². The number of rotatable bonds is 7. The van der Waals surface area contributed by atoms with Crippen LogP contribution in [0.4, 0.5) is 0 Å². The van der Waals surface area contributed by atoms with Crippen molar-refractivity contribution in [3.8, 4) is 11.8 Å². The Balaban J connectivity index is 0.827. The molecule has 0 radical (unpaired) electrons. The highest BCUT2D eigenvalue weighted by Crippen LogP contribution is 2.35. The number of piperidine rings is 1. The second-order valence-electron chi connectivity index (χ2n) is 14.7. The summed E-state index contributed by atoms with van der Waals surface area (Å²) in [7, 11) is 1.36. The van der Waals surface area contributed by atoms with Gasteiger partial charge in [-0.25, -0.2) is 0 Å². The topological polar surface area (TPSA) is 160 Å². The van der Waals surface area contributed by atoms with Gasteiger partial charge in [-0.2, -0.15) is 5.26 Å². The number of carbonyl (C=O) groups is 6. The molecule has 13 nitrogen and oxygen atoms in total. The summed E-state index contributed by atoms with van der Waals surface area (Å²) >= 11 is 6.14. The first-order valence-electron chi connectivity index (χ1n) is 18.1. The van der Waals surface area contributed by atoms with E-state index in [0.29, 0.717) is 48.1 Å². The molecule has 3 aromatic carbocycles. The molecule has 1 unspecified atom stereocenters. The Labute approximate surface area is 316 Å². The van der Waals surface area contributed by atoms with Gasteiger partial charge < -0.3 is 15.0 Å². The normalized spacial score (nSPS) is 22.2. The minimum atomic E-state index is -1.01. The Morgan fingerprint density at radius 1 is 0.852 bits per heavy atom. The van der Waals surface area contributed by atoms with Crippen molar-refractivity contribution in [3.05, 3.63) is 98.1 Å². The fourth-order valence-corrected chi connectivity index (χ4v) is 8.42. The molecule has 276 valence electrons. The van der Waals surface area contributed by atoms with E-state index in [2.05, 4.69) is 5.32 Å². The summed E-state index contributed by atoms with van der Waals surface area (Å²) in [5.74, 6) is -1.57. The average molecular weight is 749 g/mol. The third-order valence-electron chi connectivity index (χ3n) is 11.2. The van der Waals surface area contributed by atoms with Crippen LogP contribution in [0, 0.1) is 11.3 Å². The zero-order valence-electron chi connectivity index (χ0n) is 29.6. The molecular weight excluding hydrogens is 712 g/mol. The van der Waals surface area contributed by atoms with E-state index in [9.17, 15) is 28.8 Å². The number of imide groups is 2. The highest BCUT2D eigenvalue weighted by atomic mass is 35.5. The predicted molar refractivity (Wildman–Crippen MR) is 193 cm³/mol. The lowest BCUT2D eigenvalue weighted by Gasteiger charge is -2.32. The Hall–Kier alpha value is -5.58. The van der Waals surface area contributed by atoms with Crippen molar-refractivity contribution < 1.29 is 33.5 Å². The molecule has 0 bridgehead atoms. The molecule has 2 fully saturated rings. The van der Waals surface area contributed by atoms with Crippen molar-refractivity contribution in [2.75, 3.05) is 13.6 Å². The average Bonchev–Trinajstić information content (AvgIpc) is 3.84. The van der Waals surface area contributed by atoms with E-state index >= 15 is 0 Å². The van der Waals surface area contributed by atoms with Crippen LogP contribution in [0.2, 0.25) is 5.02 Å². The maximum atomic E-state index is 13.5. The first-order valence-corrected chi connectivity index (χ1v) is 18.5. The Bertz CT molecular complexity index is 2150. The molecule has 4 heterocycles. The summed E-state index contributed by atoms with van der Waals surface area (Å²) in [4.78, 5) is 83.9.